The van der Waals surface area contributed by atoms with Crippen LogP contribution >= 0.6 is 0 Å². The number of carbonyl (C=O) groups excluding carboxylic acids is 2. The Labute approximate surface area is 170 Å². The second kappa shape index (κ2) is 8.87. The van der Waals surface area contributed by atoms with Gasteiger partial charge in [0.2, 0.25) is 0 Å². The summed E-state index contributed by atoms with van der Waals surface area (Å²) in [6.45, 7) is 1.19. The maximum absolute atomic E-state index is 12.9. The lowest BCUT2D eigenvalue weighted by Gasteiger charge is -2.26. The number of Topliss-reactive ketones (excluding diaryl/α,β-unsaturated/α-hetero) is 1. The molecule has 1 aromatic carbocycles. The number of nitrogens with zero attached hydrogens (tertiary/aromatic N) is 3. The van der Waals surface area contributed by atoms with E-state index in [0.29, 0.717) is 24.3 Å². The van der Waals surface area contributed by atoms with Crippen LogP contribution in [0.15, 0.2) is 54.4 Å². The second-order valence-electron chi connectivity index (χ2n) is 7.16. The van der Waals surface area contributed by atoms with Gasteiger partial charge < -0.3 is 19.6 Å². The molecule has 0 spiro atoms. The molecule has 0 unspecified atom stereocenters. The summed E-state index contributed by atoms with van der Waals surface area (Å²) in [6, 6.07) is 9.75. The Balaban J connectivity index is 2.06. The van der Waals surface area contributed by atoms with Crippen molar-refractivity contribution in [1.29, 1.82) is 0 Å². The number of ketones is 1. The number of carbonyl (C=O) groups is 2. The van der Waals surface area contributed by atoms with Gasteiger partial charge in [-0.25, -0.2) is 0 Å². The predicted octanol–water partition coefficient (Wildman–Crippen LogP) is 2.46. The fourth-order valence-electron chi connectivity index (χ4n) is 3.47. The number of likely N-dealkylation sites (tertiary alicyclic amines) is 1. The third kappa shape index (κ3) is 4.30. The molecule has 1 fully saturated rings. The van der Waals surface area contributed by atoms with Crippen LogP contribution in [0.4, 0.5) is 0 Å². The number of benzene rings is 1. The summed E-state index contributed by atoms with van der Waals surface area (Å²) in [5.74, 6) is -0.792. The number of methoxy groups -OCH3 is 1. The van der Waals surface area contributed by atoms with E-state index in [4.69, 9.17) is 4.74 Å². The highest BCUT2D eigenvalue weighted by molar-refractivity contribution is 6.46. The summed E-state index contributed by atoms with van der Waals surface area (Å²) in [6.07, 6.45) is 3.77. The Kier molecular flexibility index (Phi) is 6.29. The Bertz CT molecular complexity index is 907. The van der Waals surface area contributed by atoms with E-state index in [-0.39, 0.29) is 11.3 Å². The molecule has 7 nitrogen and oxygen atoms in total. The molecule has 7 heteroatoms. The number of aliphatic hydroxyl groups excluding tert-OH is 1. The minimum Gasteiger partial charge on any atom is -0.507 e. The summed E-state index contributed by atoms with van der Waals surface area (Å²) in [5, 5.41) is 10.9. The lowest BCUT2D eigenvalue weighted by molar-refractivity contribution is -0.139. The zero-order valence-electron chi connectivity index (χ0n) is 16.8. The molecule has 1 aliphatic heterocycles. The SMILES string of the molecule is COc1ccc([C@@H]2C(=C(O)c3ccncc3)C(=O)C(=O)N2CCCN(C)C)cc1. The van der Waals surface area contributed by atoms with Crippen LogP contribution in [0.25, 0.3) is 5.76 Å². The normalized spacial score (nSPS) is 18.5. The molecular formula is C22H25N3O4. The maximum Gasteiger partial charge on any atom is 0.295 e. The zero-order valence-corrected chi connectivity index (χ0v) is 16.8. The van der Waals surface area contributed by atoms with Crippen molar-refractivity contribution in [3.63, 3.8) is 0 Å². The maximum atomic E-state index is 12.9. The van der Waals surface area contributed by atoms with E-state index < -0.39 is 17.7 Å². The van der Waals surface area contributed by atoms with E-state index in [2.05, 4.69) is 4.98 Å². The van der Waals surface area contributed by atoms with Crippen molar-refractivity contribution >= 4 is 17.4 Å². The molecule has 1 amide bonds. The molecule has 1 atom stereocenters. The Morgan fingerprint density at radius 2 is 1.79 bits per heavy atom. The smallest absolute Gasteiger partial charge is 0.295 e. The fraction of sp³-hybridized carbons (Fsp3) is 0.318. The van der Waals surface area contributed by atoms with Gasteiger partial charge >= 0.3 is 0 Å². The van der Waals surface area contributed by atoms with Gasteiger partial charge in [-0.3, -0.25) is 14.6 Å². The molecule has 1 aromatic heterocycles. The van der Waals surface area contributed by atoms with Crippen molar-refractivity contribution in [3.8, 4) is 5.75 Å². The van der Waals surface area contributed by atoms with Crippen LogP contribution in [0, 0.1) is 0 Å². The number of rotatable bonds is 7. The van der Waals surface area contributed by atoms with Gasteiger partial charge in [0.05, 0.1) is 18.7 Å². The zero-order chi connectivity index (χ0) is 21.0. The Hall–Kier alpha value is -3.19. The molecule has 0 radical (unpaired) electrons. The number of aliphatic hydroxyl groups is 1. The fourth-order valence-corrected chi connectivity index (χ4v) is 3.47. The van der Waals surface area contributed by atoms with E-state index in [1.54, 1.807) is 36.3 Å². The molecular weight excluding hydrogens is 370 g/mol. The highest BCUT2D eigenvalue weighted by atomic mass is 16.5. The number of hydrogen-bond acceptors (Lipinski definition) is 6. The molecule has 0 saturated carbocycles. The van der Waals surface area contributed by atoms with Crippen LogP contribution in [-0.4, -0.2) is 65.9 Å². The highest BCUT2D eigenvalue weighted by Crippen LogP contribution is 2.39. The molecule has 1 saturated heterocycles. The van der Waals surface area contributed by atoms with Gasteiger partial charge in [-0.1, -0.05) is 12.1 Å². The molecule has 2 aromatic rings. The highest BCUT2D eigenvalue weighted by Gasteiger charge is 2.45. The van der Waals surface area contributed by atoms with Crippen LogP contribution in [0.1, 0.15) is 23.6 Å². The van der Waals surface area contributed by atoms with Crippen LogP contribution in [-0.2, 0) is 9.59 Å². The van der Waals surface area contributed by atoms with E-state index in [1.807, 2.05) is 31.1 Å². The van der Waals surface area contributed by atoms with E-state index in [9.17, 15) is 14.7 Å². The number of ether oxygens (including phenoxy) is 1. The number of hydrogen-bond donors (Lipinski definition) is 1. The number of aromatic nitrogens is 1. The average Bonchev–Trinajstić information content (AvgIpc) is 2.98. The van der Waals surface area contributed by atoms with Gasteiger partial charge in [0, 0.05) is 24.5 Å². The van der Waals surface area contributed by atoms with E-state index in [1.165, 1.54) is 12.4 Å². The van der Waals surface area contributed by atoms with Crippen molar-refractivity contribution in [2.75, 3.05) is 34.3 Å². The molecule has 0 bridgehead atoms. The largest absolute Gasteiger partial charge is 0.507 e. The summed E-state index contributed by atoms with van der Waals surface area (Å²) in [5.41, 5.74) is 1.28. The number of amides is 1. The van der Waals surface area contributed by atoms with Gasteiger partial charge in [-0.15, -0.1) is 0 Å². The van der Waals surface area contributed by atoms with Gasteiger partial charge in [0.15, 0.2) is 0 Å². The van der Waals surface area contributed by atoms with Gasteiger partial charge in [-0.05, 0) is 56.9 Å². The van der Waals surface area contributed by atoms with Crippen molar-refractivity contribution < 1.29 is 19.4 Å². The quantitative estimate of drug-likeness (QED) is 0.441. The first-order chi connectivity index (χ1) is 13.9. The Morgan fingerprint density at radius 3 is 2.38 bits per heavy atom. The number of pyridine rings is 1. The predicted molar refractivity (Wildman–Crippen MR) is 109 cm³/mol. The van der Waals surface area contributed by atoms with E-state index >= 15 is 0 Å². The van der Waals surface area contributed by atoms with Crippen molar-refractivity contribution in [3.05, 3.63) is 65.5 Å². The van der Waals surface area contributed by atoms with Gasteiger partial charge in [0.25, 0.3) is 11.7 Å². The van der Waals surface area contributed by atoms with Crippen molar-refractivity contribution in [2.45, 2.75) is 12.5 Å². The minimum atomic E-state index is -0.676. The molecule has 29 heavy (non-hydrogen) atoms. The van der Waals surface area contributed by atoms with Gasteiger partial charge in [0.1, 0.15) is 11.5 Å². The first-order valence-corrected chi connectivity index (χ1v) is 9.41. The molecule has 1 N–H and O–H groups in total. The first kappa shape index (κ1) is 20.5. The molecule has 0 aliphatic carbocycles. The van der Waals surface area contributed by atoms with Crippen molar-refractivity contribution in [2.24, 2.45) is 0 Å². The topological polar surface area (TPSA) is 83.0 Å². The monoisotopic (exact) mass is 395 g/mol. The summed E-state index contributed by atoms with van der Waals surface area (Å²) >= 11 is 0. The summed E-state index contributed by atoms with van der Waals surface area (Å²) in [7, 11) is 5.49. The third-order valence-corrected chi connectivity index (χ3v) is 4.93. The second-order valence-corrected chi connectivity index (χ2v) is 7.16. The lowest BCUT2D eigenvalue weighted by Crippen LogP contribution is -2.32. The molecule has 1 aliphatic rings. The van der Waals surface area contributed by atoms with Gasteiger partial charge in [-0.2, -0.15) is 0 Å². The molecule has 3 rings (SSSR count). The van der Waals surface area contributed by atoms with Crippen LogP contribution in [0.5, 0.6) is 5.75 Å². The van der Waals surface area contributed by atoms with Crippen LogP contribution in [0.3, 0.4) is 0 Å². The summed E-state index contributed by atoms with van der Waals surface area (Å²) < 4.78 is 5.21. The third-order valence-electron chi connectivity index (χ3n) is 4.93. The average molecular weight is 395 g/mol. The van der Waals surface area contributed by atoms with E-state index in [0.717, 1.165) is 12.1 Å². The molecule has 152 valence electrons. The Morgan fingerprint density at radius 1 is 1.14 bits per heavy atom. The lowest BCUT2D eigenvalue weighted by atomic mass is 9.95. The van der Waals surface area contributed by atoms with Crippen molar-refractivity contribution in [1.82, 2.24) is 14.8 Å². The minimum absolute atomic E-state index is 0.0937. The standard InChI is InChI=1S/C22H25N3O4/c1-24(2)13-4-14-25-19(15-5-7-17(29-3)8-6-15)18(21(27)22(25)28)20(26)16-9-11-23-12-10-16/h5-12,19,26H,4,13-14H2,1-3H3/t19-/m1/s1. The van der Waals surface area contributed by atoms with Crippen LogP contribution < -0.4 is 4.74 Å². The molecule has 2 heterocycles. The summed E-state index contributed by atoms with van der Waals surface area (Å²) in [4.78, 5) is 33.2. The first-order valence-electron chi connectivity index (χ1n) is 9.41. The van der Waals surface area contributed by atoms with Crippen LogP contribution in [0.2, 0.25) is 0 Å².